The number of nitrogens with one attached hydrogen (secondary N) is 2. The van der Waals surface area contributed by atoms with Crippen molar-refractivity contribution in [1.29, 1.82) is 0 Å². The molecule has 1 saturated heterocycles. The van der Waals surface area contributed by atoms with Crippen LogP contribution in [-0.4, -0.2) is 65.8 Å². The molecular weight excluding hydrogens is 444 g/mol. The standard InChI is InChI=1S/C27H34N4O2S/c1-20-16-23-18-24(26(32)29-25(23)17-21(20)2)19-31(11-10-30-12-14-33-15-13-30)27(34)28-9-8-22-6-4-3-5-7-22/h3-7,16-18H,8-15,19H2,1-2H3,(H,28,34)(H,29,32). The third kappa shape index (κ3) is 6.44. The zero-order valence-corrected chi connectivity index (χ0v) is 20.9. The van der Waals surface area contributed by atoms with Crippen molar-refractivity contribution in [3.8, 4) is 0 Å². The number of hydrogen-bond donors (Lipinski definition) is 2. The van der Waals surface area contributed by atoms with Gasteiger partial charge < -0.3 is 19.9 Å². The largest absolute Gasteiger partial charge is 0.379 e. The van der Waals surface area contributed by atoms with Crippen LogP contribution >= 0.6 is 12.2 Å². The first kappa shape index (κ1) is 24.4. The molecule has 0 radical (unpaired) electrons. The molecule has 4 rings (SSSR count). The van der Waals surface area contributed by atoms with Crippen LogP contribution in [0.25, 0.3) is 10.9 Å². The van der Waals surface area contributed by atoms with Gasteiger partial charge in [-0.15, -0.1) is 0 Å². The van der Waals surface area contributed by atoms with Crippen LogP contribution < -0.4 is 10.9 Å². The minimum Gasteiger partial charge on any atom is -0.379 e. The first-order valence-electron chi connectivity index (χ1n) is 12.0. The van der Waals surface area contributed by atoms with Crippen molar-refractivity contribution in [3.63, 3.8) is 0 Å². The fraction of sp³-hybridized carbons (Fsp3) is 0.407. The van der Waals surface area contributed by atoms with Gasteiger partial charge in [0.05, 0.1) is 19.8 Å². The van der Waals surface area contributed by atoms with Gasteiger partial charge in [-0.3, -0.25) is 9.69 Å². The summed E-state index contributed by atoms with van der Waals surface area (Å²) < 4.78 is 5.48. The normalized spacial score (nSPS) is 14.3. The highest BCUT2D eigenvalue weighted by Gasteiger charge is 2.17. The molecule has 34 heavy (non-hydrogen) atoms. The number of pyridine rings is 1. The highest BCUT2D eigenvalue weighted by atomic mass is 32.1. The monoisotopic (exact) mass is 478 g/mol. The number of hydrogen-bond acceptors (Lipinski definition) is 4. The second kappa shape index (κ2) is 11.6. The summed E-state index contributed by atoms with van der Waals surface area (Å²) >= 11 is 5.79. The molecule has 7 heteroatoms. The van der Waals surface area contributed by atoms with Gasteiger partial charge in [-0.1, -0.05) is 30.3 Å². The number of morpholine rings is 1. The van der Waals surface area contributed by atoms with E-state index in [1.54, 1.807) is 0 Å². The Labute approximate surface area is 206 Å². The Morgan fingerprint density at radius 2 is 1.85 bits per heavy atom. The molecule has 1 fully saturated rings. The topological polar surface area (TPSA) is 60.6 Å². The van der Waals surface area contributed by atoms with Crippen LogP contribution in [0.15, 0.2) is 53.3 Å². The van der Waals surface area contributed by atoms with E-state index in [9.17, 15) is 4.79 Å². The number of aromatic nitrogens is 1. The Morgan fingerprint density at radius 3 is 2.62 bits per heavy atom. The third-order valence-corrected chi connectivity index (χ3v) is 6.91. The maximum Gasteiger partial charge on any atom is 0.253 e. The lowest BCUT2D eigenvalue weighted by Gasteiger charge is -2.31. The number of aromatic amines is 1. The van der Waals surface area contributed by atoms with E-state index in [1.807, 2.05) is 18.2 Å². The van der Waals surface area contributed by atoms with E-state index >= 15 is 0 Å². The molecule has 1 aromatic heterocycles. The lowest BCUT2D eigenvalue weighted by atomic mass is 10.0. The second-order valence-corrected chi connectivity index (χ2v) is 9.38. The molecule has 0 spiro atoms. The van der Waals surface area contributed by atoms with Gasteiger partial charge >= 0.3 is 0 Å². The molecule has 2 heterocycles. The van der Waals surface area contributed by atoms with Crippen molar-refractivity contribution >= 4 is 28.2 Å². The van der Waals surface area contributed by atoms with Crippen molar-refractivity contribution in [2.45, 2.75) is 26.8 Å². The van der Waals surface area contributed by atoms with E-state index in [1.165, 1.54) is 16.7 Å². The fourth-order valence-electron chi connectivity index (χ4n) is 4.25. The average molecular weight is 479 g/mol. The predicted molar refractivity (Wildman–Crippen MR) is 142 cm³/mol. The summed E-state index contributed by atoms with van der Waals surface area (Å²) in [5, 5.41) is 5.15. The van der Waals surface area contributed by atoms with Crippen molar-refractivity contribution < 1.29 is 4.74 Å². The average Bonchev–Trinajstić information content (AvgIpc) is 2.84. The van der Waals surface area contributed by atoms with Crippen LogP contribution in [0.1, 0.15) is 22.3 Å². The van der Waals surface area contributed by atoms with Gasteiger partial charge in [-0.05, 0) is 72.8 Å². The van der Waals surface area contributed by atoms with Crippen LogP contribution in [0.3, 0.4) is 0 Å². The minimum absolute atomic E-state index is 0.0563. The van der Waals surface area contributed by atoms with Gasteiger partial charge in [-0.2, -0.15) is 0 Å². The first-order chi connectivity index (χ1) is 16.5. The molecule has 0 unspecified atom stereocenters. The summed E-state index contributed by atoms with van der Waals surface area (Å²) in [5.41, 5.74) is 5.21. The van der Waals surface area contributed by atoms with Crippen LogP contribution in [0, 0.1) is 13.8 Å². The number of aryl methyl sites for hydroxylation is 2. The zero-order valence-electron chi connectivity index (χ0n) is 20.1. The predicted octanol–water partition coefficient (Wildman–Crippen LogP) is 3.40. The molecule has 2 N–H and O–H groups in total. The van der Waals surface area contributed by atoms with Crippen molar-refractivity contribution in [3.05, 3.63) is 81.1 Å². The van der Waals surface area contributed by atoms with Gasteiger partial charge in [0.25, 0.3) is 5.56 Å². The van der Waals surface area contributed by atoms with Gasteiger partial charge in [0.1, 0.15) is 0 Å². The number of ether oxygens (including phenoxy) is 1. The van der Waals surface area contributed by atoms with E-state index in [4.69, 9.17) is 17.0 Å². The van der Waals surface area contributed by atoms with Crippen LogP contribution in [0.2, 0.25) is 0 Å². The molecule has 0 aliphatic carbocycles. The summed E-state index contributed by atoms with van der Waals surface area (Å²) in [6.45, 7) is 10.4. The molecule has 0 bridgehead atoms. The Hall–Kier alpha value is -2.74. The molecule has 2 aromatic carbocycles. The molecular formula is C27H34N4O2S. The van der Waals surface area contributed by atoms with E-state index in [2.05, 4.69) is 64.3 Å². The van der Waals surface area contributed by atoms with E-state index in [0.717, 1.165) is 68.8 Å². The van der Waals surface area contributed by atoms with E-state index in [-0.39, 0.29) is 5.56 Å². The molecule has 0 atom stereocenters. The van der Waals surface area contributed by atoms with Crippen LogP contribution in [-0.2, 0) is 17.7 Å². The highest BCUT2D eigenvalue weighted by Crippen LogP contribution is 2.18. The lowest BCUT2D eigenvalue weighted by Crippen LogP contribution is -2.46. The number of H-pyrrole nitrogens is 1. The minimum atomic E-state index is -0.0563. The SMILES string of the molecule is Cc1cc2cc(CN(CCN3CCOCC3)C(=S)NCCc3ccccc3)c(=O)[nH]c2cc1C. The second-order valence-electron chi connectivity index (χ2n) is 8.99. The Balaban J connectivity index is 1.48. The smallest absolute Gasteiger partial charge is 0.253 e. The Bertz CT molecular complexity index is 1170. The fourth-order valence-corrected chi connectivity index (χ4v) is 4.51. The summed E-state index contributed by atoms with van der Waals surface area (Å²) in [6.07, 6.45) is 0.896. The summed E-state index contributed by atoms with van der Waals surface area (Å²) in [7, 11) is 0. The molecule has 0 saturated carbocycles. The van der Waals surface area contributed by atoms with Gasteiger partial charge in [-0.25, -0.2) is 0 Å². The molecule has 3 aromatic rings. The van der Waals surface area contributed by atoms with Crippen LogP contribution in [0.4, 0.5) is 0 Å². The highest BCUT2D eigenvalue weighted by molar-refractivity contribution is 7.80. The molecule has 1 aliphatic rings. The quantitative estimate of drug-likeness (QED) is 0.484. The van der Waals surface area contributed by atoms with Crippen molar-refractivity contribution in [2.75, 3.05) is 45.9 Å². The number of nitrogens with zero attached hydrogens (tertiary/aromatic N) is 2. The van der Waals surface area contributed by atoms with E-state index < -0.39 is 0 Å². The van der Waals surface area contributed by atoms with Gasteiger partial charge in [0.15, 0.2) is 5.11 Å². The summed E-state index contributed by atoms with van der Waals surface area (Å²) in [6, 6.07) is 16.6. The lowest BCUT2D eigenvalue weighted by molar-refractivity contribution is 0.0357. The van der Waals surface area contributed by atoms with Gasteiger partial charge in [0, 0.05) is 43.8 Å². The van der Waals surface area contributed by atoms with E-state index in [0.29, 0.717) is 11.7 Å². The maximum absolute atomic E-state index is 12.9. The molecule has 6 nitrogen and oxygen atoms in total. The molecule has 1 aliphatic heterocycles. The number of thiocarbonyl (C=S) groups is 1. The van der Waals surface area contributed by atoms with Crippen LogP contribution in [0.5, 0.6) is 0 Å². The Kier molecular flexibility index (Phi) is 8.32. The molecule has 180 valence electrons. The zero-order chi connectivity index (χ0) is 23.9. The molecule has 0 amide bonds. The third-order valence-electron chi connectivity index (χ3n) is 6.51. The summed E-state index contributed by atoms with van der Waals surface area (Å²) in [4.78, 5) is 20.5. The van der Waals surface area contributed by atoms with Crippen molar-refractivity contribution in [2.24, 2.45) is 0 Å². The van der Waals surface area contributed by atoms with Crippen molar-refractivity contribution in [1.82, 2.24) is 20.1 Å². The Morgan fingerprint density at radius 1 is 1.12 bits per heavy atom. The van der Waals surface area contributed by atoms with Gasteiger partial charge in [0.2, 0.25) is 0 Å². The number of rotatable bonds is 8. The first-order valence-corrected chi connectivity index (χ1v) is 12.4. The summed E-state index contributed by atoms with van der Waals surface area (Å²) in [5.74, 6) is 0. The maximum atomic E-state index is 12.9. The number of fused-ring (bicyclic) bond motifs is 1. The number of benzene rings is 2.